The van der Waals surface area contributed by atoms with E-state index in [1.54, 1.807) is 11.8 Å². The summed E-state index contributed by atoms with van der Waals surface area (Å²) >= 11 is 0. The van der Waals surface area contributed by atoms with E-state index in [0.717, 1.165) is 12.0 Å². The zero-order chi connectivity index (χ0) is 16.6. The monoisotopic (exact) mass is 304 g/mol. The third-order valence-electron chi connectivity index (χ3n) is 4.25. The Kier molecular flexibility index (Phi) is 4.59. The maximum atomic E-state index is 14.2. The van der Waals surface area contributed by atoms with Gasteiger partial charge in [-0.2, -0.15) is 0 Å². The maximum absolute atomic E-state index is 14.2. The Bertz CT molecular complexity index is 703. The van der Waals surface area contributed by atoms with Crippen LogP contribution >= 0.6 is 0 Å². The second-order valence-corrected chi connectivity index (χ2v) is 6.69. The van der Waals surface area contributed by atoms with Gasteiger partial charge in [0.1, 0.15) is 11.5 Å². The summed E-state index contributed by atoms with van der Waals surface area (Å²) in [6.45, 7) is 9.96. The third kappa shape index (κ3) is 3.01. The number of carbonyl (C=O) groups is 1. The number of rotatable bonds is 4. The van der Waals surface area contributed by atoms with Crippen LogP contribution in [0.2, 0.25) is 0 Å². The maximum Gasteiger partial charge on any atom is 0.270 e. The minimum atomic E-state index is -0.277. The number of aromatic amines is 1. The van der Waals surface area contributed by atoms with Crippen LogP contribution in [0.4, 0.5) is 4.39 Å². The van der Waals surface area contributed by atoms with E-state index in [4.69, 9.17) is 0 Å². The molecule has 0 aliphatic heterocycles. The molecule has 120 valence electrons. The highest BCUT2D eigenvalue weighted by molar-refractivity contribution is 6.01. The van der Waals surface area contributed by atoms with E-state index >= 15 is 0 Å². The van der Waals surface area contributed by atoms with Gasteiger partial charge in [-0.25, -0.2) is 4.39 Å². The fourth-order valence-electron chi connectivity index (χ4n) is 3.01. The average Bonchev–Trinajstić information content (AvgIpc) is 2.73. The molecule has 0 fully saturated rings. The number of benzene rings is 1. The highest BCUT2D eigenvalue weighted by Crippen LogP contribution is 2.27. The fraction of sp³-hybridized carbons (Fsp3) is 0.500. The molecule has 2 rings (SSSR count). The molecule has 1 aromatic carbocycles. The summed E-state index contributed by atoms with van der Waals surface area (Å²) in [7, 11) is 1.81. The molecule has 0 aliphatic rings. The van der Waals surface area contributed by atoms with Crippen molar-refractivity contribution >= 4 is 16.8 Å². The zero-order valence-corrected chi connectivity index (χ0v) is 14.2. The molecule has 1 heterocycles. The van der Waals surface area contributed by atoms with Crippen LogP contribution in [0.1, 0.15) is 48.8 Å². The lowest BCUT2D eigenvalue weighted by Gasteiger charge is -2.26. The molecule has 0 aliphatic carbocycles. The molecule has 0 bridgehead atoms. The number of aryl methyl sites for hydroxylation is 2. The molecule has 0 saturated carbocycles. The molecule has 1 atom stereocenters. The van der Waals surface area contributed by atoms with E-state index in [1.165, 1.54) is 6.07 Å². The first kappa shape index (κ1) is 16.5. The third-order valence-corrected chi connectivity index (χ3v) is 4.25. The number of aromatic nitrogens is 1. The van der Waals surface area contributed by atoms with Crippen LogP contribution in [0.15, 0.2) is 12.1 Å². The second kappa shape index (κ2) is 6.11. The lowest BCUT2D eigenvalue weighted by molar-refractivity contribution is 0.0722. The first-order valence-corrected chi connectivity index (χ1v) is 7.78. The van der Waals surface area contributed by atoms with Crippen LogP contribution in [0.3, 0.4) is 0 Å². The summed E-state index contributed by atoms with van der Waals surface area (Å²) in [4.78, 5) is 17.6. The van der Waals surface area contributed by atoms with Gasteiger partial charge in [0.25, 0.3) is 5.91 Å². The summed E-state index contributed by atoms with van der Waals surface area (Å²) in [6, 6.07) is 3.52. The Hall–Kier alpha value is -1.84. The van der Waals surface area contributed by atoms with Gasteiger partial charge >= 0.3 is 0 Å². The molecule has 1 unspecified atom stereocenters. The summed E-state index contributed by atoms with van der Waals surface area (Å²) in [5.74, 6) is 0.161. The van der Waals surface area contributed by atoms with Crippen LogP contribution in [0, 0.1) is 25.6 Å². The van der Waals surface area contributed by atoms with Crippen LogP contribution in [0.5, 0.6) is 0 Å². The standard InChI is InChI=1S/C18H25FN2O/c1-10(2)7-12(4)21(6)18(22)17-13(5)16-14(19)8-11(3)9-15(16)20-17/h8-10,12,20H,7H2,1-6H3. The topological polar surface area (TPSA) is 36.1 Å². The second-order valence-electron chi connectivity index (χ2n) is 6.69. The van der Waals surface area contributed by atoms with Crippen LogP contribution < -0.4 is 0 Å². The molecule has 0 radical (unpaired) electrons. The van der Waals surface area contributed by atoms with Crippen molar-refractivity contribution in [2.24, 2.45) is 5.92 Å². The largest absolute Gasteiger partial charge is 0.350 e. The number of halogens is 1. The van der Waals surface area contributed by atoms with Crippen molar-refractivity contribution < 1.29 is 9.18 Å². The predicted octanol–water partition coefficient (Wildman–Crippen LogP) is 4.43. The molecular formula is C18H25FN2O. The first-order chi connectivity index (χ1) is 10.2. The highest BCUT2D eigenvalue weighted by Gasteiger charge is 2.23. The Labute approximate surface area is 131 Å². The van der Waals surface area contributed by atoms with Crippen LogP contribution in [-0.4, -0.2) is 28.9 Å². The summed E-state index contributed by atoms with van der Waals surface area (Å²) in [6.07, 6.45) is 0.939. The van der Waals surface area contributed by atoms with Crippen molar-refractivity contribution in [3.05, 3.63) is 34.8 Å². The molecule has 0 spiro atoms. The van der Waals surface area contributed by atoms with Gasteiger partial charge in [0, 0.05) is 24.0 Å². The molecule has 22 heavy (non-hydrogen) atoms. The lowest BCUT2D eigenvalue weighted by atomic mass is 10.0. The smallest absolute Gasteiger partial charge is 0.270 e. The van der Waals surface area contributed by atoms with Gasteiger partial charge in [-0.3, -0.25) is 4.79 Å². The van der Waals surface area contributed by atoms with Gasteiger partial charge in [0.15, 0.2) is 0 Å². The molecule has 0 saturated heterocycles. The van der Waals surface area contributed by atoms with Gasteiger partial charge in [-0.15, -0.1) is 0 Å². The van der Waals surface area contributed by atoms with E-state index < -0.39 is 0 Å². The van der Waals surface area contributed by atoms with Gasteiger partial charge < -0.3 is 9.88 Å². The SMILES string of the molecule is Cc1cc(F)c2c(C)c(C(=O)N(C)C(C)CC(C)C)[nH]c2c1. The minimum Gasteiger partial charge on any atom is -0.350 e. The molecule has 2 aromatic rings. The van der Waals surface area contributed by atoms with Gasteiger partial charge in [0.05, 0.1) is 0 Å². The summed E-state index contributed by atoms with van der Waals surface area (Å²) in [5, 5.41) is 0.513. The summed E-state index contributed by atoms with van der Waals surface area (Å²) < 4.78 is 14.2. The van der Waals surface area contributed by atoms with Crippen molar-refractivity contribution in [3.8, 4) is 0 Å². The van der Waals surface area contributed by atoms with Crippen molar-refractivity contribution in [2.75, 3.05) is 7.05 Å². The molecule has 1 amide bonds. The van der Waals surface area contributed by atoms with Crippen LogP contribution in [0.25, 0.3) is 10.9 Å². The predicted molar refractivity (Wildman–Crippen MR) is 88.7 cm³/mol. The lowest BCUT2D eigenvalue weighted by Crippen LogP contribution is -2.36. The normalized spacial score (nSPS) is 12.9. The van der Waals surface area contributed by atoms with Crippen molar-refractivity contribution in [2.45, 2.75) is 47.1 Å². The Balaban J connectivity index is 2.40. The highest BCUT2D eigenvalue weighted by atomic mass is 19.1. The van der Waals surface area contributed by atoms with Crippen LogP contribution in [-0.2, 0) is 0 Å². The number of hydrogen-bond acceptors (Lipinski definition) is 1. The number of fused-ring (bicyclic) bond motifs is 1. The van der Waals surface area contributed by atoms with E-state index in [2.05, 4.69) is 18.8 Å². The van der Waals surface area contributed by atoms with E-state index in [0.29, 0.717) is 28.1 Å². The number of hydrogen-bond donors (Lipinski definition) is 1. The van der Waals surface area contributed by atoms with E-state index in [-0.39, 0.29) is 17.8 Å². The number of nitrogens with zero attached hydrogens (tertiary/aromatic N) is 1. The molecule has 1 aromatic heterocycles. The Morgan fingerprint density at radius 3 is 2.50 bits per heavy atom. The number of amides is 1. The van der Waals surface area contributed by atoms with Gasteiger partial charge in [-0.1, -0.05) is 13.8 Å². The van der Waals surface area contributed by atoms with Crippen molar-refractivity contribution in [3.63, 3.8) is 0 Å². The number of carbonyl (C=O) groups excluding carboxylic acids is 1. The number of H-pyrrole nitrogens is 1. The zero-order valence-electron chi connectivity index (χ0n) is 14.2. The number of nitrogens with one attached hydrogen (secondary N) is 1. The van der Waals surface area contributed by atoms with Gasteiger partial charge in [-0.05, 0) is 56.4 Å². The molecule has 3 nitrogen and oxygen atoms in total. The quantitative estimate of drug-likeness (QED) is 0.891. The van der Waals surface area contributed by atoms with E-state index in [9.17, 15) is 9.18 Å². The molecule has 4 heteroatoms. The fourth-order valence-corrected chi connectivity index (χ4v) is 3.01. The van der Waals surface area contributed by atoms with Crippen molar-refractivity contribution in [1.82, 2.24) is 9.88 Å². The Morgan fingerprint density at radius 1 is 1.27 bits per heavy atom. The summed E-state index contributed by atoms with van der Waals surface area (Å²) in [5.41, 5.74) is 2.69. The Morgan fingerprint density at radius 2 is 1.91 bits per heavy atom. The average molecular weight is 304 g/mol. The van der Waals surface area contributed by atoms with Gasteiger partial charge in [0.2, 0.25) is 0 Å². The van der Waals surface area contributed by atoms with E-state index in [1.807, 2.05) is 27.0 Å². The van der Waals surface area contributed by atoms with Crippen molar-refractivity contribution in [1.29, 1.82) is 0 Å². The molecular weight excluding hydrogens is 279 g/mol. The minimum absolute atomic E-state index is 0.0843. The molecule has 1 N–H and O–H groups in total. The first-order valence-electron chi connectivity index (χ1n) is 7.78.